The molecule has 0 saturated heterocycles. The molecule has 0 amide bonds. The van der Waals surface area contributed by atoms with E-state index in [-0.39, 0.29) is 5.92 Å². The number of hydrogen-bond donors (Lipinski definition) is 0. The van der Waals surface area contributed by atoms with Crippen molar-refractivity contribution in [3.05, 3.63) is 59.3 Å². The van der Waals surface area contributed by atoms with Crippen molar-refractivity contribution in [2.24, 2.45) is 4.99 Å². The van der Waals surface area contributed by atoms with Crippen LogP contribution in [-0.2, 0) is 0 Å². The second-order valence-electron chi connectivity index (χ2n) is 5.75. The van der Waals surface area contributed by atoms with Crippen LogP contribution in [0.5, 0.6) is 0 Å². The third-order valence-electron chi connectivity index (χ3n) is 3.91. The fraction of sp³-hybridized carbons (Fsp3) is 0.364. The smallest absolute Gasteiger partial charge is 0.0991 e. The summed E-state index contributed by atoms with van der Waals surface area (Å²) in [6.45, 7) is 12.3. The molecule has 0 radical (unpaired) electrons. The number of unbranched alkanes of at least 4 members (excludes halogenated alkanes) is 2. The number of aliphatic imine (C=N–C) groups is 1. The molecular formula is C22H26N2. The Labute approximate surface area is 146 Å². The van der Waals surface area contributed by atoms with Crippen molar-refractivity contribution in [1.82, 2.24) is 0 Å². The number of allylic oxidation sites excluding steroid dienone is 3. The lowest BCUT2D eigenvalue weighted by Crippen LogP contribution is -2.01. The van der Waals surface area contributed by atoms with Gasteiger partial charge in [-0.05, 0) is 38.0 Å². The van der Waals surface area contributed by atoms with Crippen molar-refractivity contribution in [3.63, 3.8) is 0 Å². The van der Waals surface area contributed by atoms with Gasteiger partial charge in [0.1, 0.15) is 0 Å². The average molecular weight is 318 g/mol. The topological polar surface area (TPSA) is 36.1 Å². The second-order valence-corrected chi connectivity index (χ2v) is 5.75. The van der Waals surface area contributed by atoms with Gasteiger partial charge >= 0.3 is 0 Å². The third-order valence-corrected chi connectivity index (χ3v) is 3.91. The number of nitrogens with zero attached hydrogens (tertiary/aromatic N) is 2. The molecule has 124 valence electrons. The van der Waals surface area contributed by atoms with Crippen LogP contribution in [0.4, 0.5) is 0 Å². The highest BCUT2D eigenvalue weighted by Crippen LogP contribution is 2.24. The van der Waals surface area contributed by atoms with Crippen LogP contribution in [0, 0.1) is 23.2 Å². The van der Waals surface area contributed by atoms with Crippen molar-refractivity contribution in [3.8, 4) is 17.9 Å². The zero-order chi connectivity index (χ0) is 17.9. The Morgan fingerprint density at radius 2 is 2.00 bits per heavy atom. The van der Waals surface area contributed by atoms with Crippen LogP contribution in [-0.4, -0.2) is 5.71 Å². The molecule has 2 nitrogen and oxygen atoms in total. The van der Waals surface area contributed by atoms with E-state index in [1.54, 1.807) is 0 Å². The van der Waals surface area contributed by atoms with E-state index in [2.05, 4.69) is 43.3 Å². The molecule has 0 bridgehead atoms. The van der Waals surface area contributed by atoms with E-state index < -0.39 is 0 Å². The molecule has 0 aliphatic heterocycles. The Morgan fingerprint density at radius 3 is 2.54 bits per heavy atom. The molecule has 1 rings (SSSR count). The predicted molar refractivity (Wildman–Crippen MR) is 103 cm³/mol. The van der Waals surface area contributed by atoms with E-state index >= 15 is 0 Å². The molecule has 0 saturated carbocycles. The molecule has 24 heavy (non-hydrogen) atoms. The summed E-state index contributed by atoms with van der Waals surface area (Å²) in [6, 6.07) is 9.70. The van der Waals surface area contributed by atoms with Crippen LogP contribution in [0.15, 0.2) is 53.2 Å². The molecule has 1 aromatic rings. The predicted octanol–water partition coefficient (Wildman–Crippen LogP) is 5.78. The first kappa shape index (κ1) is 19.5. The van der Waals surface area contributed by atoms with Crippen molar-refractivity contribution in [1.29, 1.82) is 5.26 Å². The van der Waals surface area contributed by atoms with Crippen molar-refractivity contribution in [2.75, 3.05) is 0 Å². The molecule has 0 aromatic heterocycles. The quantitative estimate of drug-likeness (QED) is 0.372. The first-order valence-corrected chi connectivity index (χ1v) is 8.43. The van der Waals surface area contributed by atoms with Crippen LogP contribution in [0.1, 0.15) is 64.0 Å². The Kier molecular flexibility index (Phi) is 8.31. The van der Waals surface area contributed by atoms with Gasteiger partial charge in [-0.25, -0.2) is 0 Å². The summed E-state index contributed by atoms with van der Waals surface area (Å²) in [5.74, 6) is 6.51. The first-order valence-electron chi connectivity index (χ1n) is 8.43. The molecule has 1 atom stereocenters. The minimum Gasteiger partial charge on any atom is -0.257 e. The molecule has 0 aliphatic carbocycles. The summed E-state index contributed by atoms with van der Waals surface area (Å²) < 4.78 is 0. The summed E-state index contributed by atoms with van der Waals surface area (Å²) in [4.78, 5) is 4.65. The van der Waals surface area contributed by atoms with E-state index in [4.69, 9.17) is 5.26 Å². The minimum absolute atomic E-state index is 0.0962. The Bertz CT molecular complexity index is 716. The standard InChI is InChI=1S/C22H26N2/c1-6-8-9-10-11-21(7-2)19(5)24-18(4)17(3)22-14-12-20(16-23)13-15-22/h7,12-15,17H,4,6,8-9H2,1-3,5H3/b21-7-,24-19?. The van der Waals surface area contributed by atoms with Gasteiger partial charge in [-0.3, -0.25) is 4.99 Å². The highest BCUT2D eigenvalue weighted by atomic mass is 14.8. The molecule has 1 unspecified atom stereocenters. The van der Waals surface area contributed by atoms with Gasteiger partial charge in [-0.1, -0.05) is 56.9 Å². The van der Waals surface area contributed by atoms with E-state index in [9.17, 15) is 0 Å². The minimum atomic E-state index is 0.0962. The van der Waals surface area contributed by atoms with Crippen LogP contribution in [0.25, 0.3) is 0 Å². The monoisotopic (exact) mass is 318 g/mol. The van der Waals surface area contributed by atoms with E-state index in [1.165, 1.54) is 0 Å². The lowest BCUT2D eigenvalue weighted by molar-refractivity contribution is 0.828. The molecule has 0 heterocycles. The van der Waals surface area contributed by atoms with Gasteiger partial charge in [0.2, 0.25) is 0 Å². The summed E-state index contributed by atoms with van der Waals surface area (Å²) in [7, 11) is 0. The largest absolute Gasteiger partial charge is 0.257 e. The Morgan fingerprint density at radius 1 is 1.33 bits per heavy atom. The number of benzene rings is 1. The van der Waals surface area contributed by atoms with Crippen LogP contribution in [0.2, 0.25) is 0 Å². The number of nitriles is 1. The van der Waals surface area contributed by atoms with Crippen molar-refractivity contribution < 1.29 is 0 Å². The summed E-state index contributed by atoms with van der Waals surface area (Å²) >= 11 is 0. The van der Waals surface area contributed by atoms with Gasteiger partial charge < -0.3 is 0 Å². The van der Waals surface area contributed by atoms with Gasteiger partial charge in [-0.2, -0.15) is 5.26 Å². The van der Waals surface area contributed by atoms with Gasteiger partial charge in [-0.15, -0.1) is 0 Å². The van der Waals surface area contributed by atoms with E-state index in [1.807, 2.05) is 44.2 Å². The van der Waals surface area contributed by atoms with Crippen LogP contribution < -0.4 is 0 Å². The molecule has 0 N–H and O–H groups in total. The highest BCUT2D eigenvalue weighted by Gasteiger charge is 2.10. The number of hydrogen-bond acceptors (Lipinski definition) is 2. The summed E-state index contributed by atoms with van der Waals surface area (Å²) in [5.41, 5.74) is 4.42. The number of rotatable bonds is 6. The van der Waals surface area contributed by atoms with E-state index in [0.717, 1.165) is 41.8 Å². The molecule has 0 aliphatic rings. The Hall–Kier alpha value is -2.58. The van der Waals surface area contributed by atoms with Crippen LogP contribution in [0.3, 0.4) is 0 Å². The Balaban J connectivity index is 2.86. The van der Waals surface area contributed by atoms with Crippen LogP contribution >= 0.6 is 0 Å². The molecule has 0 fully saturated rings. The molecular weight excluding hydrogens is 292 g/mol. The zero-order valence-corrected chi connectivity index (χ0v) is 15.2. The highest BCUT2D eigenvalue weighted by molar-refractivity contribution is 6.02. The maximum atomic E-state index is 8.88. The van der Waals surface area contributed by atoms with Gasteiger partial charge in [0.25, 0.3) is 0 Å². The maximum Gasteiger partial charge on any atom is 0.0991 e. The normalized spacial score (nSPS) is 12.8. The first-order chi connectivity index (χ1) is 11.5. The lowest BCUT2D eigenvalue weighted by Gasteiger charge is -2.12. The molecule has 2 heteroatoms. The SMILES string of the molecule is C=C(N=C(C)/C(C#CCCCC)=C\C)C(C)c1ccc(C#N)cc1. The van der Waals surface area contributed by atoms with Gasteiger partial charge in [0.05, 0.1) is 17.3 Å². The molecule has 1 aromatic carbocycles. The van der Waals surface area contributed by atoms with Crippen molar-refractivity contribution in [2.45, 2.75) is 52.9 Å². The summed E-state index contributed by atoms with van der Waals surface area (Å²) in [5, 5.41) is 8.88. The maximum absolute atomic E-state index is 8.88. The molecule has 0 spiro atoms. The lowest BCUT2D eigenvalue weighted by atomic mass is 9.97. The van der Waals surface area contributed by atoms with Crippen molar-refractivity contribution >= 4 is 5.71 Å². The van der Waals surface area contributed by atoms with Gasteiger partial charge in [0, 0.05) is 23.6 Å². The third kappa shape index (κ3) is 5.90. The zero-order valence-electron chi connectivity index (χ0n) is 15.2. The average Bonchev–Trinajstić information content (AvgIpc) is 2.61. The van der Waals surface area contributed by atoms with E-state index in [0.29, 0.717) is 5.56 Å². The summed E-state index contributed by atoms with van der Waals surface area (Å²) in [6.07, 6.45) is 5.20. The fourth-order valence-electron chi connectivity index (χ4n) is 2.21. The fourth-order valence-corrected chi connectivity index (χ4v) is 2.21. The van der Waals surface area contributed by atoms with Gasteiger partial charge in [0.15, 0.2) is 0 Å². The second kappa shape index (κ2) is 10.2.